The van der Waals surface area contributed by atoms with Crippen LogP contribution in [-0.4, -0.2) is 4.57 Å². The van der Waals surface area contributed by atoms with Gasteiger partial charge in [-0.05, 0) is 70.1 Å². The molecule has 0 saturated heterocycles. The monoisotopic (exact) mass is 535 g/mol. The van der Waals surface area contributed by atoms with E-state index in [-0.39, 0.29) is 0 Å². The molecule has 0 radical (unpaired) electrons. The Hall–Kier alpha value is -3.57. The number of furan rings is 1. The first-order chi connectivity index (χ1) is 16.3. The summed E-state index contributed by atoms with van der Waals surface area (Å²) in [5.74, 6) is 0. The predicted molar refractivity (Wildman–Crippen MR) is 146 cm³/mol. The van der Waals surface area contributed by atoms with Crippen LogP contribution >= 0.6 is 22.6 Å². The van der Waals surface area contributed by atoms with Crippen LogP contribution in [0.5, 0.6) is 0 Å². The second-order valence-electron chi connectivity index (χ2n) is 8.35. The van der Waals surface area contributed by atoms with Gasteiger partial charge in [-0.15, -0.1) is 0 Å². The SMILES string of the molecule is Ic1cc(-n2c3ccccc3c3cc(-c4ccccc4)ccc32)cc2c1oc1ccccc12. The third-order valence-electron chi connectivity index (χ3n) is 6.46. The summed E-state index contributed by atoms with van der Waals surface area (Å²) in [6, 6.07) is 38.8. The van der Waals surface area contributed by atoms with Gasteiger partial charge in [0, 0.05) is 27.2 Å². The smallest absolute Gasteiger partial charge is 0.148 e. The molecule has 0 aliphatic heterocycles. The van der Waals surface area contributed by atoms with Gasteiger partial charge in [0.25, 0.3) is 0 Å². The predicted octanol–water partition coefficient (Wildman–Crippen LogP) is 8.95. The lowest BCUT2D eigenvalue weighted by Gasteiger charge is -2.10. The third-order valence-corrected chi connectivity index (χ3v) is 7.26. The van der Waals surface area contributed by atoms with Gasteiger partial charge in [0.15, 0.2) is 0 Å². The lowest BCUT2D eigenvalue weighted by atomic mass is 10.0. The Morgan fingerprint density at radius 3 is 2.15 bits per heavy atom. The Kier molecular flexibility index (Phi) is 4.15. The number of hydrogen-bond donors (Lipinski definition) is 0. The maximum Gasteiger partial charge on any atom is 0.148 e. The summed E-state index contributed by atoms with van der Waals surface area (Å²) < 4.78 is 9.67. The van der Waals surface area contributed by atoms with Gasteiger partial charge in [-0.1, -0.05) is 72.8 Å². The molecule has 3 heteroatoms. The number of halogens is 1. The topological polar surface area (TPSA) is 18.1 Å². The van der Waals surface area contributed by atoms with E-state index in [1.54, 1.807) is 0 Å². The van der Waals surface area contributed by atoms with Crippen LogP contribution in [0.1, 0.15) is 0 Å². The van der Waals surface area contributed by atoms with Crippen LogP contribution < -0.4 is 0 Å². The molecular weight excluding hydrogens is 517 g/mol. The average Bonchev–Trinajstić information content (AvgIpc) is 3.40. The molecule has 0 aliphatic carbocycles. The van der Waals surface area contributed by atoms with E-state index in [0.717, 1.165) is 31.2 Å². The van der Waals surface area contributed by atoms with E-state index < -0.39 is 0 Å². The van der Waals surface area contributed by atoms with Crippen molar-refractivity contribution in [2.24, 2.45) is 0 Å². The second-order valence-corrected chi connectivity index (χ2v) is 9.52. The van der Waals surface area contributed by atoms with Crippen LogP contribution in [0.4, 0.5) is 0 Å². The Morgan fingerprint density at radius 2 is 1.27 bits per heavy atom. The first kappa shape index (κ1) is 18.9. The molecule has 2 heterocycles. The van der Waals surface area contributed by atoms with Gasteiger partial charge in [-0.2, -0.15) is 0 Å². The van der Waals surface area contributed by atoms with E-state index in [4.69, 9.17) is 4.42 Å². The normalized spacial score (nSPS) is 11.8. The number of aromatic nitrogens is 1. The molecule has 0 aliphatic rings. The summed E-state index contributed by atoms with van der Waals surface area (Å²) in [5.41, 5.74) is 7.91. The van der Waals surface area contributed by atoms with Crippen molar-refractivity contribution in [3.63, 3.8) is 0 Å². The zero-order valence-electron chi connectivity index (χ0n) is 17.6. The Labute approximate surface area is 204 Å². The molecule has 0 amide bonds. The van der Waals surface area contributed by atoms with Crippen molar-refractivity contribution in [1.82, 2.24) is 4.57 Å². The Morgan fingerprint density at radius 1 is 0.545 bits per heavy atom. The highest BCUT2D eigenvalue weighted by molar-refractivity contribution is 14.1. The van der Waals surface area contributed by atoms with Crippen molar-refractivity contribution in [3.8, 4) is 16.8 Å². The molecule has 7 rings (SSSR count). The van der Waals surface area contributed by atoms with Crippen molar-refractivity contribution in [3.05, 3.63) is 113 Å². The number of rotatable bonds is 2. The van der Waals surface area contributed by atoms with E-state index in [1.807, 2.05) is 12.1 Å². The second kappa shape index (κ2) is 7.22. The summed E-state index contributed by atoms with van der Waals surface area (Å²) >= 11 is 2.40. The minimum Gasteiger partial charge on any atom is -0.455 e. The summed E-state index contributed by atoms with van der Waals surface area (Å²) in [4.78, 5) is 0. The fourth-order valence-corrected chi connectivity index (χ4v) is 5.68. The molecule has 5 aromatic carbocycles. The van der Waals surface area contributed by atoms with Crippen LogP contribution in [0, 0.1) is 3.57 Å². The number of fused-ring (bicyclic) bond motifs is 6. The lowest BCUT2D eigenvalue weighted by Crippen LogP contribution is -1.94. The molecule has 33 heavy (non-hydrogen) atoms. The van der Waals surface area contributed by atoms with Gasteiger partial charge >= 0.3 is 0 Å². The van der Waals surface area contributed by atoms with Crippen molar-refractivity contribution in [2.75, 3.05) is 0 Å². The van der Waals surface area contributed by atoms with Crippen LogP contribution in [-0.2, 0) is 0 Å². The largest absolute Gasteiger partial charge is 0.455 e. The van der Waals surface area contributed by atoms with Crippen molar-refractivity contribution < 1.29 is 4.42 Å². The molecule has 7 aromatic rings. The zero-order chi connectivity index (χ0) is 21.9. The molecule has 0 N–H and O–H groups in total. The van der Waals surface area contributed by atoms with E-state index in [1.165, 1.54) is 32.9 Å². The van der Waals surface area contributed by atoms with E-state index in [0.29, 0.717) is 0 Å². The fraction of sp³-hybridized carbons (Fsp3) is 0. The summed E-state index contributed by atoms with van der Waals surface area (Å²) in [7, 11) is 0. The molecular formula is C30H18INO. The maximum atomic E-state index is 6.18. The van der Waals surface area contributed by atoms with E-state index in [9.17, 15) is 0 Å². The molecule has 0 bridgehead atoms. The standard InChI is InChI=1S/C30H18INO/c31-26-18-21(17-25-23-11-5-7-13-29(23)33-30(25)26)32-27-12-6-4-10-22(27)24-16-20(14-15-28(24)32)19-8-2-1-3-9-19/h1-18H. The molecule has 0 saturated carbocycles. The first-order valence-electron chi connectivity index (χ1n) is 11.0. The van der Waals surface area contributed by atoms with Gasteiger partial charge in [0.05, 0.1) is 14.6 Å². The van der Waals surface area contributed by atoms with Crippen molar-refractivity contribution in [1.29, 1.82) is 0 Å². The molecule has 2 aromatic heterocycles. The number of benzene rings is 5. The quantitative estimate of drug-likeness (QED) is 0.202. The summed E-state index contributed by atoms with van der Waals surface area (Å²) in [6.07, 6.45) is 0. The first-order valence-corrected chi connectivity index (χ1v) is 12.1. The van der Waals surface area contributed by atoms with Crippen molar-refractivity contribution in [2.45, 2.75) is 0 Å². The highest BCUT2D eigenvalue weighted by atomic mass is 127. The molecule has 0 atom stereocenters. The third kappa shape index (κ3) is 2.85. The van der Waals surface area contributed by atoms with E-state index in [2.05, 4.69) is 124 Å². The maximum absolute atomic E-state index is 6.18. The molecule has 2 nitrogen and oxygen atoms in total. The van der Waals surface area contributed by atoms with Crippen LogP contribution in [0.25, 0.3) is 60.6 Å². The van der Waals surface area contributed by atoms with Crippen LogP contribution in [0.15, 0.2) is 114 Å². The van der Waals surface area contributed by atoms with Crippen molar-refractivity contribution >= 4 is 66.3 Å². The molecule has 0 unspecified atom stereocenters. The number of para-hydroxylation sites is 2. The highest BCUT2D eigenvalue weighted by Gasteiger charge is 2.16. The fourth-order valence-electron chi connectivity index (χ4n) is 4.96. The van der Waals surface area contributed by atoms with Crippen LogP contribution in [0.3, 0.4) is 0 Å². The number of nitrogens with zero attached hydrogens (tertiary/aromatic N) is 1. The summed E-state index contributed by atoms with van der Waals surface area (Å²) in [5, 5.41) is 4.83. The van der Waals surface area contributed by atoms with Crippen LogP contribution in [0.2, 0.25) is 0 Å². The van der Waals surface area contributed by atoms with Gasteiger partial charge in [0.1, 0.15) is 11.2 Å². The Bertz CT molecular complexity index is 1830. The summed E-state index contributed by atoms with van der Waals surface area (Å²) in [6.45, 7) is 0. The average molecular weight is 535 g/mol. The van der Waals surface area contributed by atoms with Gasteiger partial charge in [-0.3, -0.25) is 0 Å². The molecule has 0 spiro atoms. The van der Waals surface area contributed by atoms with Gasteiger partial charge < -0.3 is 8.98 Å². The Balaban J connectivity index is 1.56. The molecule has 0 fully saturated rings. The van der Waals surface area contributed by atoms with E-state index >= 15 is 0 Å². The molecule has 156 valence electrons. The van der Waals surface area contributed by atoms with Gasteiger partial charge in [0.2, 0.25) is 0 Å². The number of hydrogen-bond acceptors (Lipinski definition) is 1. The highest BCUT2D eigenvalue weighted by Crippen LogP contribution is 2.38. The lowest BCUT2D eigenvalue weighted by molar-refractivity contribution is 0.666. The van der Waals surface area contributed by atoms with Gasteiger partial charge in [-0.25, -0.2) is 0 Å². The zero-order valence-corrected chi connectivity index (χ0v) is 19.8. The minimum atomic E-state index is 0.928. The minimum absolute atomic E-state index is 0.928.